The van der Waals surface area contributed by atoms with Crippen molar-refractivity contribution in [2.45, 2.75) is 13.0 Å². The molecule has 0 bridgehead atoms. The minimum atomic E-state index is -0.682. The van der Waals surface area contributed by atoms with Crippen molar-refractivity contribution >= 4 is 23.7 Å². The lowest BCUT2D eigenvalue weighted by Crippen LogP contribution is -2.33. The van der Waals surface area contributed by atoms with Gasteiger partial charge in [-0.1, -0.05) is 23.7 Å². The summed E-state index contributed by atoms with van der Waals surface area (Å²) in [5, 5.41) is 4.52. The van der Waals surface area contributed by atoms with Gasteiger partial charge in [0, 0.05) is 5.02 Å². The molecular formula is C17H17ClN2O3. The van der Waals surface area contributed by atoms with Crippen molar-refractivity contribution in [3.8, 4) is 11.5 Å². The van der Waals surface area contributed by atoms with Crippen LogP contribution in [0.4, 0.5) is 0 Å². The lowest BCUT2D eigenvalue weighted by Gasteiger charge is -2.12. The van der Waals surface area contributed by atoms with Gasteiger partial charge in [0.15, 0.2) is 6.10 Å². The number of methoxy groups -OCH3 is 1. The monoisotopic (exact) mass is 332 g/mol. The Hall–Kier alpha value is -2.53. The lowest BCUT2D eigenvalue weighted by atomic mass is 10.2. The third-order valence-electron chi connectivity index (χ3n) is 2.98. The van der Waals surface area contributed by atoms with Gasteiger partial charge < -0.3 is 9.47 Å². The first kappa shape index (κ1) is 16.8. The largest absolute Gasteiger partial charge is 0.497 e. The molecule has 0 heterocycles. The third-order valence-corrected chi connectivity index (χ3v) is 3.23. The smallest absolute Gasteiger partial charge is 0.280 e. The second-order valence-corrected chi connectivity index (χ2v) is 5.16. The molecule has 0 radical (unpaired) electrons. The quantitative estimate of drug-likeness (QED) is 0.652. The van der Waals surface area contributed by atoms with E-state index in [2.05, 4.69) is 10.5 Å². The molecule has 23 heavy (non-hydrogen) atoms. The Morgan fingerprint density at radius 1 is 1.22 bits per heavy atom. The van der Waals surface area contributed by atoms with Crippen molar-refractivity contribution in [2.75, 3.05) is 7.11 Å². The fourth-order valence-electron chi connectivity index (χ4n) is 1.75. The highest BCUT2D eigenvalue weighted by Crippen LogP contribution is 2.16. The summed E-state index contributed by atoms with van der Waals surface area (Å²) in [6.45, 7) is 1.64. The van der Waals surface area contributed by atoms with Gasteiger partial charge in [-0.3, -0.25) is 4.79 Å². The lowest BCUT2D eigenvalue weighted by molar-refractivity contribution is -0.127. The molecule has 120 valence electrons. The van der Waals surface area contributed by atoms with Gasteiger partial charge in [-0.25, -0.2) is 5.43 Å². The van der Waals surface area contributed by atoms with Crippen molar-refractivity contribution < 1.29 is 14.3 Å². The molecule has 5 nitrogen and oxygen atoms in total. The summed E-state index contributed by atoms with van der Waals surface area (Å²) in [7, 11) is 1.59. The van der Waals surface area contributed by atoms with Crippen LogP contribution in [0.1, 0.15) is 12.5 Å². The molecule has 2 aromatic carbocycles. The molecule has 2 aromatic rings. The summed E-state index contributed by atoms with van der Waals surface area (Å²) in [4.78, 5) is 11.9. The van der Waals surface area contributed by atoms with Crippen molar-refractivity contribution in [3.05, 3.63) is 59.1 Å². The van der Waals surface area contributed by atoms with Crippen LogP contribution in [0.2, 0.25) is 5.02 Å². The SMILES string of the molecule is COc1cccc(C=NNC(=O)C(C)Oc2ccc(Cl)cc2)c1. The van der Waals surface area contributed by atoms with Gasteiger partial charge >= 0.3 is 0 Å². The number of hydrazone groups is 1. The maximum Gasteiger partial charge on any atom is 0.280 e. The Labute approximate surface area is 139 Å². The Kier molecular flexibility index (Phi) is 6.00. The van der Waals surface area contributed by atoms with Crippen LogP contribution in [0.25, 0.3) is 0 Å². The van der Waals surface area contributed by atoms with E-state index in [0.29, 0.717) is 10.8 Å². The Balaban J connectivity index is 1.88. The predicted octanol–water partition coefficient (Wildman–Crippen LogP) is 3.27. The first-order chi connectivity index (χ1) is 11.1. The van der Waals surface area contributed by atoms with Crippen molar-refractivity contribution in [3.63, 3.8) is 0 Å². The van der Waals surface area contributed by atoms with E-state index < -0.39 is 6.10 Å². The van der Waals surface area contributed by atoms with Crippen LogP contribution in [0.15, 0.2) is 53.6 Å². The first-order valence-corrected chi connectivity index (χ1v) is 7.35. The highest BCUT2D eigenvalue weighted by atomic mass is 35.5. The van der Waals surface area contributed by atoms with E-state index in [1.54, 1.807) is 38.3 Å². The summed E-state index contributed by atoms with van der Waals surface area (Å²) < 4.78 is 10.6. The molecule has 0 saturated carbocycles. The summed E-state index contributed by atoms with van der Waals surface area (Å²) in [5.41, 5.74) is 3.25. The van der Waals surface area contributed by atoms with E-state index in [9.17, 15) is 4.79 Å². The molecule has 0 saturated heterocycles. The summed E-state index contributed by atoms with van der Waals surface area (Å²) in [5.74, 6) is 0.938. The fraction of sp³-hybridized carbons (Fsp3) is 0.176. The fourth-order valence-corrected chi connectivity index (χ4v) is 1.88. The van der Waals surface area contributed by atoms with Crippen LogP contribution in [0.5, 0.6) is 11.5 Å². The van der Waals surface area contributed by atoms with Crippen LogP contribution >= 0.6 is 11.6 Å². The first-order valence-electron chi connectivity index (χ1n) is 6.97. The maximum absolute atomic E-state index is 11.9. The number of carbonyl (C=O) groups is 1. The molecule has 0 fully saturated rings. The molecule has 0 aliphatic carbocycles. The molecule has 6 heteroatoms. The number of nitrogens with one attached hydrogen (secondary N) is 1. The molecular weight excluding hydrogens is 316 g/mol. The summed E-state index contributed by atoms with van der Waals surface area (Å²) in [6.07, 6.45) is 0.855. The second kappa shape index (κ2) is 8.19. The van der Waals surface area contributed by atoms with Crippen LogP contribution in [-0.4, -0.2) is 25.3 Å². The molecule has 1 atom stereocenters. The minimum Gasteiger partial charge on any atom is -0.497 e. The van der Waals surface area contributed by atoms with Gasteiger partial charge in [0.2, 0.25) is 0 Å². The molecule has 1 unspecified atom stereocenters. The van der Waals surface area contributed by atoms with Gasteiger partial charge in [-0.15, -0.1) is 0 Å². The zero-order chi connectivity index (χ0) is 16.7. The van der Waals surface area contributed by atoms with E-state index in [1.807, 2.05) is 24.3 Å². The number of hydrogen-bond acceptors (Lipinski definition) is 4. The average Bonchev–Trinajstić information content (AvgIpc) is 2.57. The van der Waals surface area contributed by atoms with Crippen LogP contribution < -0.4 is 14.9 Å². The number of ether oxygens (including phenoxy) is 2. The highest BCUT2D eigenvalue weighted by molar-refractivity contribution is 6.30. The third kappa shape index (κ3) is 5.30. The normalized spacial score (nSPS) is 12.0. The van der Waals surface area contributed by atoms with Crippen LogP contribution in [0, 0.1) is 0 Å². The molecule has 1 N–H and O–H groups in total. The maximum atomic E-state index is 11.9. The van der Waals surface area contributed by atoms with Crippen LogP contribution in [0.3, 0.4) is 0 Å². The molecule has 0 spiro atoms. The molecule has 0 aromatic heterocycles. The van der Waals surface area contributed by atoms with E-state index in [0.717, 1.165) is 11.3 Å². The van der Waals surface area contributed by atoms with E-state index in [4.69, 9.17) is 21.1 Å². The van der Waals surface area contributed by atoms with Crippen LogP contribution in [-0.2, 0) is 4.79 Å². The highest BCUT2D eigenvalue weighted by Gasteiger charge is 2.13. The predicted molar refractivity (Wildman–Crippen MR) is 90.3 cm³/mol. The van der Waals surface area contributed by atoms with Gasteiger partial charge in [-0.05, 0) is 48.9 Å². The summed E-state index contributed by atoms with van der Waals surface area (Å²) >= 11 is 5.80. The number of nitrogens with zero attached hydrogens (tertiary/aromatic N) is 1. The molecule has 2 rings (SSSR count). The Morgan fingerprint density at radius 3 is 2.65 bits per heavy atom. The van der Waals surface area contributed by atoms with Crippen molar-refractivity contribution in [2.24, 2.45) is 5.10 Å². The molecule has 1 amide bonds. The van der Waals surface area contributed by atoms with Gasteiger partial charge in [0.1, 0.15) is 11.5 Å². The number of hydrogen-bond donors (Lipinski definition) is 1. The second-order valence-electron chi connectivity index (χ2n) is 4.72. The van der Waals surface area contributed by atoms with E-state index >= 15 is 0 Å². The number of halogens is 1. The van der Waals surface area contributed by atoms with Crippen molar-refractivity contribution in [1.29, 1.82) is 0 Å². The zero-order valence-corrected chi connectivity index (χ0v) is 13.6. The Morgan fingerprint density at radius 2 is 1.96 bits per heavy atom. The van der Waals surface area contributed by atoms with E-state index in [-0.39, 0.29) is 5.91 Å². The topological polar surface area (TPSA) is 59.9 Å². The molecule has 0 aliphatic heterocycles. The molecule has 0 aliphatic rings. The minimum absolute atomic E-state index is 0.348. The number of rotatable bonds is 6. The standard InChI is InChI=1S/C17H17ClN2O3/c1-12(23-15-8-6-14(18)7-9-15)17(21)20-19-11-13-4-3-5-16(10-13)22-2/h3-12H,1-2H3,(H,20,21). The number of benzene rings is 2. The van der Waals surface area contributed by atoms with Gasteiger partial charge in [0.05, 0.1) is 13.3 Å². The van der Waals surface area contributed by atoms with Crippen molar-refractivity contribution in [1.82, 2.24) is 5.43 Å². The number of amides is 1. The van der Waals surface area contributed by atoms with E-state index in [1.165, 1.54) is 6.21 Å². The average molecular weight is 333 g/mol. The summed E-state index contributed by atoms with van der Waals surface area (Å²) in [6, 6.07) is 14.1. The Bertz CT molecular complexity index is 686. The number of carbonyl (C=O) groups excluding carboxylic acids is 1. The van der Waals surface area contributed by atoms with Gasteiger partial charge in [-0.2, -0.15) is 5.10 Å². The van der Waals surface area contributed by atoms with Gasteiger partial charge in [0.25, 0.3) is 5.91 Å². The zero-order valence-electron chi connectivity index (χ0n) is 12.8.